The zero-order chi connectivity index (χ0) is 24.6. The van der Waals surface area contributed by atoms with Gasteiger partial charge in [0, 0.05) is 11.8 Å². The van der Waals surface area contributed by atoms with Gasteiger partial charge in [0.25, 0.3) is 0 Å². The van der Waals surface area contributed by atoms with Crippen molar-refractivity contribution in [3.05, 3.63) is 48.2 Å². The lowest BCUT2D eigenvalue weighted by atomic mass is 9.78. The van der Waals surface area contributed by atoms with Gasteiger partial charge >= 0.3 is 0 Å². The van der Waals surface area contributed by atoms with Crippen LogP contribution in [0.15, 0.2) is 42.6 Å². The number of aryl methyl sites for hydroxylation is 1. The second-order valence-corrected chi connectivity index (χ2v) is 11.0. The Morgan fingerprint density at radius 2 is 1.31 bits per heavy atom. The van der Waals surface area contributed by atoms with Gasteiger partial charge in [0.1, 0.15) is 5.75 Å². The molecule has 0 unspecified atom stereocenters. The highest BCUT2D eigenvalue weighted by atomic mass is 16.5. The molecule has 0 radical (unpaired) electrons. The van der Waals surface area contributed by atoms with E-state index in [1.54, 1.807) is 0 Å². The smallest absolute Gasteiger partial charge is 0.119 e. The van der Waals surface area contributed by atoms with E-state index in [4.69, 9.17) is 9.72 Å². The lowest BCUT2D eigenvalue weighted by molar-refractivity contribution is 0.248. The molecular formula is C33H51NO. The highest BCUT2D eigenvalue weighted by Crippen LogP contribution is 2.34. The average Bonchev–Trinajstić information content (AvgIpc) is 2.91. The molecule has 3 rings (SSSR count). The molecule has 1 aromatic heterocycles. The average molecular weight is 478 g/mol. The Balaban J connectivity index is 1.31. The van der Waals surface area contributed by atoms with Crippen LogP contribution in [0.5, 0.6) is 5.75 Å². The summed E-state index contributed by atoms with van der Waals surface area (Å²) in [5.74, 6) is 2.89. The molecule has 194 valence electrons. The maximum Gasteiger partial charge on any atom is 0.119 e. The Morgan fingerprint density at radius 1 is 0.686 bits per heavy atom. The van der Waals surface area contributed by atoms with Crippen molar-refractivity contribution in [2.24, 2.45) is 11.8 Å². The van der Waals surface area contributed by atoms with Crippen molar-refractivity contribution >= 4 is 0 Å². The SMILES string of the molecule is CCCCCCCC[C@H]1CC[C@H](CCc2ccc(-c3ccc(OCCCCCC)cc3)nc2)CC1. The summed E-state index contributed by atoms with van der Waals surface area (Å²) in [7, 11) is 0. The Kier molecular flexibility index (Phi) is 13.3. The summed E-state index contributed by atoms with van der Waals surface area (Å²) in [4.78, 5) is 4.77. The summed E-state index contributed by atoms with van der Waals surface area (Å²) in [6.07, 6.45) is 25.4. The number of ether oxygens (including phenoxy) is 1. The minimum absolute atomic E-state index is 0.813. The van der Waals surface area contributed by atoms with Crippen molar-refractivity contribution in [2.45, 2.75) is 123 Å². The highest BCUT2D eigenvalue weighted by Gasteiger charge is 2.20. The van der Waals surface area contributed by atoms with E-state index in [-0.39, 0.29) is 0 Å². The van der Waals surface area contributed by atoms with Crippen LogP contribution in [0.25, 0.3) is 11.3 Å². The summed E-state index contributed by atoms with van der Waals surface area (Å²) >= 11 is 0. The van der Waals surface area contributed by atoms with Crippen LogP contribution in [0, 0.1) is 11.8 Å². The maximum atomic E-state index is 5.88. The molecule has 0 aliphatic heterocycles. The molecule has 1 saturated carbocycles. The number of rotatable bonds is 17. The van der Waals surface area contributed by atoms with Crippen LogP contribution < -0.4 is 4.74 Å². The zero-order valence-electron chi connectivity index (χ0n) is 22.8. The minimum Gasteiger partial charge on any atom is -0.494 e. The molecule has 1 aliphatic rings. The first-order valence-corrected chi connectivity index (χ1v) is 15.0. The van der Waals surface area contributed by atoms with Crippen LogP contribution in [-0.2, 0) is 6.42 Å². The van der Waals surface area contributed by atoms with Gasteiger partial charge in [0.05, 0.1) is 12.3 Å². The van der Waals surface area contributed by atoms with Gasteiger partial charge in [-0.05, 0) is 67.0 Å². The van der Waals surface area contributed by atoms with Gasteiger partial charge in [0.15, 0.2) is 0 Å². The molecule has 1 heterocycles. The van der Waals surface area contributed by atoms with Crippen LogP contribution in [0.3, 0.4) is 0 Å². The van der Waals surface area contributed by atoms with E-state index in [1.165, 1.54) is 114 Å². The third-order valence-electron chi connectivity index (χ3n) is 8.01. The summed E-state index contributed by atoms with van der Waals surface area (Å²) in [6.45, 7) is 5.35. The molecule has 0 N–H and O–H groups in total. The summed E-state index contributed by atoms with van der Waals surface area (Å²) < 4.78 is 5.88. The number of nitrogens with zero attached hydrogens (tertiary/aromatic N) is 1. The first-order chi connectivity index (χ1) is 17.3. The summed E-state index contributed by atoms with van der Waals surface area (Å²) in [5.41, 5.74) is 3.60. The predicted molar refractivity (Wildman–Crippen MR) is 151 cm³/mol. The van der Waals surface area contributed by atoms with Gasteiger partial charge in [-0.3, -0.25) is 4.98 Å². The molecule has 35 heavy (non-hydrogen) atoms. The third kappa shape index (κ3) is 10.8. The second kappa shape index (κ2) is 16.8. The number of unbranched alkanes of at least 4 members (excludes halogenated alkanes) is 8. The highest BCUT2D eigenvalue weighted by molar-refractivity contribution is 5.60. The Bertz CT molecular complexity index is 774. The Labute approximate surface area is 216 Å². The predicted octanol–water partition coefficient (Wildman–Crippen LogP) is 10.2. The molecule has 1 aromatic carbocycles. The molecular weight excluding hydrogens is 426 g/mol. The number of benzene rings is 1. The lowest BCUT2D eigenvalue weighted by Crippen LogP contribution is -2.15. The van der Waals surface area contributed by atoms with Gasteiger partial charge in [0.2, 0.25) is 0 Å². The number of hydrogen-bond acceptors (Lipinski definition) is 2. The minimum atomic E-state index is 0.813. The normalized spacial score (nSPS) is 18.0. The molecule has 0 atom stereocenters. The van der Waals surface area contributed by atoms with Crippen LogP contribution in [0.1, 0.15) is 122 Å². The third-order valence-corrected chi connectivity index (χ3v) is 8.01. The van der Waals surface area contributed by atoms with E-state index in [0.717, 1.165) is 36.3 Å². The number of pyridine rings is 1. The standard InChI is InChI=1S/C33H51NO/c1-3-5-7-9-10-11-13-28-14-16-29(17-15-28)18-19-30-20-25-33(34-27-30)31-21-23-32(24-22-31)35-26-12-8-6-4-2/h20-25,27-29H,3-19,26H2,1-2H3/t28-,29-. The van der Waals surface area contributed by atoms with E-state index < -0.39 is 0 Å². The number of hydrogen-bond donors (Lipinski definition) is 0. The van der Waals surface area contributed by atoms with E-state index in [0.29, 0.717) is 0 Å². The fourth-order valence-corrected chi connectivity index (χ4v) is 5.58. The molecule has 0 spiro atoms. The van der Waals surface area contributed by atoms with Gasteiger partial charge in [-0.2, -0.15) is 0 Å². The van der Waals surface area contributed by atoms with Crippen LogP contribution >= 0.6 is 0 Å². The van der Waals surface area contributed by atoms with Crippen molar-refractivity contribution in [2.75, 3.05) is 6.61 Å². The molecule has 2 aromatic rings. The van der Waals surface area contributed by atoms with E-state index >= 15 is 0 Å². The number of aromatic nitrogens is 1. The van der Waals surface area contributed by atoms with Gasteiger partial charge in [-0.25, -0.2) is 0 Å². The molecule has 1 fully saturated rings. The van der Waals surface area contributed by atoms with E-state index in [9.17, 15) is 0 Å². The lowest BCUT2D eigenvalue weighted by Gasteiger charge is -2.28. The molecule has 2 nitrogen and oxygen atoms in total. The first-order valence-electron chi connectivity index (χ1n) is 15.0. The second-order valence-electron chi connectivity index (χ2n) is 11.0. The zero-order valence-corrected chi connectivity index (χ0v) is 22.8. The van der Waals surface area contributed by atoms with E-state index in [1.807, 2.05) is 0 Å². The Morgan fingerprint density at radius 3 is 1.97 bits per heavy atom. The van der Waals surface area contributed by atoms with Crippen molar-refractivity contribution < 1.29 is 4.74 Å². The molecule has 0 amide bonds. The summed E-state index contributed by atoms with van der Waals surface area (Å²) in [5, 5.41) is 0. The molecule has 0 bridgehead atoms. The van der Waals surface area contributed by atoms with Crippen molar-refractivity contribution in [3.8, 4) is 17.0 Å². The quantitative estimate of drug-likeness (QED) is 0.211. The van der Waals surface area contributed by atoms with Crippen LogP contribution in [-0.4, -0.2) is 11.6 Å². The van der Waals surface area contributed by atoms with Crippen LogP contribution in [0.4, 0.5) is 0 Å². The Hall–Kier alpha value is -1.83. The van der Waals surface area contributed by atoms with Crippen LogP contribution in [0.2, 0.25) is 0 Å². The fourth-order valence-electron chi connectivity index (χ4n) is 5.58. The summed E-state index contributed by atoms with van der Waals surface area (Å²) in [6, 6.07) is 12.9. The van der Waals surface area contributed by atoms with Crippen molar-refractivity contribution in [3.63, 3.8) is 0 Å². The van der Waals surface area contributed by atoms with Crippen molar-refractivity contribution in [1.29, 1.82) is 0 Å². The van der Waals surface area contributed by atoms with Gasteiger partial charge in [-0.15, -0.1) is 0 Å². The van der Waals surface area contributed by atoms with Gasteiger partial charge in [-0.1, -0.05) is 110 Å². The first kappa shape index (κ1) is 27.8. The topological polar surface area (TPSA) is 22.1 Å². The molecule has 2 heteroatoms. The molecule has 1 aliphatic carbocycles. The van der Waals surface area contributed by atoms with Gasteiger partial charge < -0.3 is 4.74 Å². The monoisotopic (exact) mass is 477 g/mol. The van der Waals surface area contributed by atoms with E-state index in [2.05, 4.69) is 56.4 Å². The largest absolute Gasteiger partial charge is 0.494 e. The maximum absolute atomic E-state index is 5.88. The molecule has 0 saturated heterocycles. The fraction of sp³-hybridized carbons (Fsp3) is 0.667. The van der Waals surface area contributed by atoms with Crippen molar-refractivity contribution in [1.82, 2.24) is 4.98 Å².